The van der Waals surface area contributed by atoms with E-state index >= 15 is 0 Å². The van der Waals surface area contributed by atoms with Crippen LogP contribution in [-0.4, -0.2) is 42.5 Å². The molecule has 0 bridgehead atoms. The highest BCUT2D eigenvalue weighted by Crippen LogP contribution is 2.15. The summed E-state index contributed by atoms with van der Waals surface area (Å²) in [5, 5.41) is 8.61. The van der Waals surface area contributed by atoms with Gasteiger partial charge in [-0.1, -0.05) is 0 Å². The Balaban J connectivity index is 2.39. The van der Waals surface area contributed by atoms with E-state index < -0.39 is 0 Å². The molecule has 11 heavy (non-hydrogen) atoms. The van der Waals surface area contributed by atoms with E-state index in [1.807, 2.05) is 7.05 Å². The molecule has 0 aromatic heterocycles. The van der Waals surface area contributed by atoms with Crippen LogP contribution in [0.2, 0.25) is 0 Å². The molecule has 0 amide bonds. The number of piperidine rings is 1. The first-order valence-corrected chi connectivity index (χ1v) is 4.06. The third-order valence-electron chi connectivity index (χ3n) is 2.24. The van der Waals surface area contributed by atoms with Crippen molar-refractivity contribution in [3.63, 3.8) is 0 Å². The highest BCUT2D eigenvalue weighted by Gasteiger charge is 2.22. The molecule has 1 heterocycles. The van der Waals surface area contributed by atoms with Crippen molar-refractivity contribution in [2.45, 2.75) is 12.8 Å². The zero-order chi connectivity index (χ0) is 8.27. The Labute approximate surface area is 67.0 Å². The van der Waals surface area contributed by atoms with E-state index in [1.54, 1.807) is 0 Å². The molecule has 0 aromatic rings. The van der Waals surface area contributed by atoms with Crippen molar-refractivity contribution in [2.24, 2.45) is 5.92 Å². The number of hydrogen-bond donors (Lipinski definition) is 1. The van der Waals surface area contributed by atoms with Crippen molar-refractivity contribution in [1.29, 1.82) is 0 Å². The molecule has 1 atom stereocenters. The smallest absolute Gasteiger partial charge is 0.162 e. The fourth-order valence-corrected chi connectivity index (χ4v) is 1.56. The van der Waals surface area contributed by atoms with Gasteiger partial charge in [-0.05, 0) is 26.4 Å². The summed E-state index contributed by atoms with van der Waals surface area (Å²) in [5.41, 5.74) is 0. The summed E-state index contributed by atoms with van der Waals surface area (Å²) in [6.07, 6.45) is 2.02. The van der Waals surface area contributed by atoms with Crippen molar-refractivity contribution in [3.05, 3.63) is 0 Å². The number of aliphatic hydroxyl groups is 1. The Morgan fingerprint density at radius 3 is 3.00 bits per heavy atom. The zero-order valence-corrected chi connectivity index (χ0v) is 6.92. The maximum Gasteiger partial charge on any atom is 0.162 e. The average Bonchev–Trinajstić information content (AvgIpc) is 2.03. The topological polar surface area (TPSA) is 40.5 Å². The van der Waals surface area contributed by atoms with Crippen LogP contribution in [0.3, 0.4) is 0 Å². The minimum atomic E-state index is -0.293. The van der Waals surface area contributed by atoms with Gasteiger partial charge < -0.3 is 10.0 Å². The molecule has 1 fully saturated rings. The molecule has 1 saturated heterocycles. The second kappa shape index (κ2) is 3.83. The van der Waals surface area contributed by atoms with E-state index in [9.17, 15) is 4.79 Å². The molecule has 3 heteroatoms. The summed E-state index contributed by atoms with van der Waals surface area (Å²) in [6, 6.07) is 0. The summed E-state index contributed by atoms with van der Waals surface area (Å²) >= 11 is 0. The average molecular weight is 157 g/mol. The highest BCUT2D eigenvalue weighted by atomic mass is 16.3. The second-order valence-corrected chi connectivity index (χ2v) is 3.23. The molecule has 3 nitrogen and oxygen atoms in total. The Kier molecular flexibility index (Phi) is 3.02. The maximum absolute atomic E-state index is 11.0. The Hall–Kier alpha value is -0.410. The first-order valence-electron chi connectivity index (χ1n) is 4.06. The van der Waals surface area contributed by atoms with Gasteiger partial charge in [-0.3, -0.25) is 4.79 Å². The molecule has 1 aliphatic heterocycles. The van der Waals surface area contributed by atoms with Gasteiger partial charge in [0.05, 0.1) is 0 Å². The van der Waals surface area contributed by atoms with Gasteiger partial charge in [-0.25, -0.2) is 0 Å². The molecule has 1 rings (SSSR count). The third-order valence-corrected chi connectivity index (χ3v) is 2.24. The van der Waals surface area contributed by atoms with Crippen LogP contribution in [0.15, 0.2) is 0 Å². The van der Waals surface area contributed by atoms with Crippen molar-refractivity contribution in [2.75, 3.05) is 26.7 Å². The Morgan fingerprint density at radius 2 is 2.45 bits per heavy atom. The lowest BCUT2D eigenvalue weighted by molar-refractivity contribution is -0.127. The van der Waals surface area contributed by atoms with Crippen LogP contribution in [0.4, 0.5) is 0 Å². The molecule has 0 aromatic carbocycles. The quantitative estimate of drug-likeness (QED) is 0.608. The number of rotatable bonds is 2. The number of Topliss-reactive ketones (excluding diaryl/α,β-unsaturated/α-hetero) is 1. The summed E-state index contributed by atoms with van der Waals surface area (Å²) in [7, 11) is 2.01. The first kappa shape index (κ1) is 8.68. The van der Waals surface area contributed by atoms with Gasteiger partial charge in [-0.2, -0.15) is 0 Å². The fourth-order valence-electron chi connectivity index (χ4n) is 1.56. The summed E-state index contributed by atoms with van der Waals surface area (Å²) < 4.78 is 0. The van der Waals surface area contributed by atoms with Crippen molar-refractivity contribution >= 4 is 5.78 Å². The van der Waals surface area contributed by atoms with Crippen LogP contribution in [-0.2, 0) is 4.79 Å². The zero-order valence-electron chi connectivity index (χ0n) is 6.92. The lowest BCUT2D eigenvalue weighted by Gasteiger charge is -2.28. The minimum absolute atomic E-state index is 0.00319. The summed E-state index contributed by atoms with van der Waals surface area (Å²) in [4.78, 5) is 13.2. The molecule has 1 aliphatic rings. The van der Waals surface area contributed by atoms with Gasteiger partial charge in [0.2, 0.25) is 0 Å². The number of carbonyl (C=O) groups excluding carboxylic acids is 1. The number of nitrogens with zero attached hydrogens (tertiary/aromatic N) is 1. The largest absolute Gasteiger partial charge is 0.389 e. The molecule has 64 valence electrons. The van der Waals surface area contributed by atoms with Gasteiger partial charge in [0, 0.05) is 12.5 Å². The van der Waals surface area contributed by atoms with E-state index in [0.717, 1.165) is 25.9 Å². The van der Waals surface area contributed by atoms with E-state index in [0.29, 0.717) is 0 Å². The van der Waals surface area contributed by atoms with Gasteiger partial charge in [0.1, 0.15) is 6.61 Å². The number of ketones is 1. The predicted octanol–water partition coefficient (Wildman–Crippen LogP) is -0.110. The molecular weight excluding hydrogens is 142 g/mol. The Morgan fingerprint density at radius 1 is 1.73 bits per heavy atom. The molecular formula is C8H15NO2. The summed E-state index contributed by atoms with van der Waals surface area (Å²) in [6.45, 7) is 1.60. The number of hydrogen-bond acceptors (Lipinski definition) is 3. The molecule has 0 radical (unpaired) electrons. The normalized spacial score (nSPS) is 26.9. The van der Waals surface area contributed by atoms with Gasteiger partial charge in [-0.15, -0.1) is 0 Å². The maximum atomic E-state index is 11.0. The van der Waals surface area contributed by atoms with Gasteiger partial charge in [0.15, 0.2) is 5.78 Å². The van der Waals surface area contributed by atoms with E-state index in [-0.39, 0.29) is 18.3 Å². The lowest BCUT2D eigenvalue weighted by atomic mass is 9.94. The van der Waals surface area contributed by atoms with Gasteiger partial charge >= 0.3 is 0 Å². The Bertz CT molecular complexity index is 147. The SMILES string of the molecule is CN1CCCC(C(=O)CO)C1. The van der Waals surface area contributed by atoms with E-state index in [4.69, 9.17) is 5.11 Å². The lowest BCUT2D eigenvalue weighted by Crippen LogP contribution is -2.37. The second-order valence-electron chi connectivity index (χ2n) is 3.23. The standard InChI is InChI=1S/C8H15NO2/c1-9-4-2-3-7(5-9)8(11)6-10/h7,10H,2-6H2,1H3. The van der Waals surface area contributed by atoms with Crippen LogP contribution in [0.5, 0.6) is 0 Å². The van der Waals surface area contributed by atoms with Crippen LogP contribution >= 0.6 is 0 Å². The molecule has 0 spiro atoms. The molecule has 1 N–H and O–H groups in total. The van der Waals surface area contributed by atoms with E-state index in [1.165, 1.54) is 0 Å². The molecule has 1 unspecified atom stereocenters. The van der Waals surface area contributed by atoms with Crippen molar-refractivity contribution in [1.82, 2.24) is 4.90 Å². The number of carbonyl (C=O) groups is 1. The van der Waals surface area contributed by atoms with E-state index in [2.05, 4.69) is 4.90 Å². The van der Waals surface area contributed by atoms with Crippen molar-refractivity contribution < 1.29 is 9.90 Å². The van der Waals surface area contributed by atoms with Crippen LogP contribution in [0, 0.1) is 5.92 Å². The van der Waals surface area contributed by atoms with Crippen LogP contribution in [0.25, 0.3) is 0 Å². The molecule has 0 aliphatic carbocycles. The third kappa shape index (κ3) is 2.27. The fraction of sp³-hybridized carbons (Fsp3) is 0.875. The number of likely N-dealkylation sites (tertiary alicyclic amines) is 1. The van der Waals surface area contributed by atoms with Crippen LogP contribution < -0.4 is 0 Å². The summed E-state index contributed by atoms with van der Waals surface area (Å²) in [5.74, 6) is 0.0790. The molecule has 0 saturated carbocycles. The van der Waals surface area contributed by atoms with Crippen molar-refractivity contribution in [3.8, 4) is 0 Å². The number of aliphatic hydroxyl groups excluding tert-OH is 1. The van der Waals surface area contributed by atoms with Gasteiger partial charge in [0.25, 0.3) is 0 Å². The highest BCUT2D eigenvalue weighted by molar-refractivity contribution is 5.82. The predicted molar refractivity (Wildman–Crippen MR) is 42.3 cm³/mol. The van der Waals surface area contributed by atoms with Crippen LogP contribution in [0.1, 0.15) is 12.8 Å². The minimum Gasteiger partial charge on any atom is -0.389 e. The monoisotopic (exact) mass is 157 g/mol. The first-order chi connectivity index (χ1) is 5.24.